The molecule has 41 heavy (non-hydrogen) atoms. The molecule has 1 saturated heterocycles. The Morgan fingerprint density at radius 3 is 1.54 bits per heavy atom. The van der Waals surface area contributed by atoms with Crippen molar-refractivity contribution in [3.05, 3.63) is 0 Å². The van der Waals surface area contributed by atoms with E-state index in [9.17, 15) is 4.79 Å². The van der Waals surface area contributed by atoms with E-state index in [1.54, 1.807) is 0 Å². The Kier molecular flexibility index (Phi) is 27.7. The average molecular weight is 578 g/mol. The smallest absolute Gasteiger partial charge is 0.305 e. The Morgan fingerprint density at radius 2 is 0.976 bits per heavy atom. The number of unbranched alkanes of at least 4 members (excludes halogenated alkanes) is 15. The van der Waals surface area contributed by atoms with Gasteiger partial charge in [-0.2, -0.15) is 0 Å². The number of likely N-dealkylation sites (tertiary alicyclic amines) is 1. The maximum absolute atomic E-state index is 12.3. The van der Waals surface area contributed by atoms with Crippen LogP contribution in [0.5, 0.6) is 0 Å². The second-order valence-electron chi connectivity index (χ2n) is 13.7. The van der Waals surface area contributed by atoms with Crippen LogP contribution < -0.4 is 0 Å². The first-order valence-electron chi connectivity index (χ1n) is 19.1. The zero-order chi connectivity index (χ0) is 29.6. The molecule has 3 nitrogen and oxygen atoms in total. The number of carbonyl (C=O) groups excluding carboxylic acids is 1. The quantitative estimate of drug-likeness (QED) is 0.0628. The standard InChI is InChI=1S/C38H75NO2/c1-4-7-10-11-12-15-21-28-37(35-39-32-24-18-25-33-39)29-22-16-13-14-17-23-30-38(40)41-34-31-36(26-19-8-5-2)27-20-9-6-3/h36-37H,4-35H2,1-3H3. The molecule has 0 aromatic heterocycles. The van der Waals surface area contributed by atoms with Gasteiger partial charge in [0.1, 0.15) is 0 Å². The van der Waals surface area contributed by atoms with Crippen molar-refractivity contribution in [3.63, 3.8) is 0 Å². The highest BCUT2D eigenvalue weighted by Crippen LogP contribution is 2.23. The highest BCUT2D eigenvalue weighted by molar-refractivity contribution is 5.69. The van der Waals surface area contributed by atoms with Crippen molar-refractivity contribution < 1.29 is 9.53 Å². The summed E-state index contributed by atoms with van der Waals surface area (Å²) in [5.74, 6) is 1.70. The number of carbonyl (C=O) groups is 1. The first-order valence-corrected chi connectivity index (χ1v) is 19.1. The van der Waals surface area contributed by atoms with Crippen molar-refractivity contribution in [3.8, 4) is 0 Å². The lowest BCUT2D eigenvalue weighted by Crippen LogP contribution is -2.34. The van der Waals surface area contributed by atoms with E-state index in [0.29, 0.717) is 13.0 Å². The molecular formula is C38H75NO2. The van der Waals surface area contributed by atoms with Crippen molar-refractivity contribution in [2.45, 2.75) is 201 Å². The Bertz CT molecular complexity index is 534. The van der Waals surface area contributed by atoms with Gasteiger partial charge in [0.05, 0.1) is 6.61 Å². The summed E-state index contributed by atoms with van der Waals surface area (Å²) in [7, 11) is 0. The van der Waals surface area contributed by atoms with Gasteiger partial charge < -0.3 is 9.64 Å². The van der Waals surface area contributed by atoms with E-state index in [1.807, 2.05) is 0 Å². The predicted octanol–water partition coefficient (Wildman–Crippen LogP) is 12.1. The van der Waals surface area contributed by atoms with Gasteiger partial charge in [-0.3, -0.25) is 4.79 Å². The number of piperidine rings is 1. The van der Waals surface area contributed by atoms with Gasteiger partial charge in [0, 0.05) is 13.0 Å². The van der Waals surface area contributed by atoms with E-state index in [2.05, 4.69) is 25.7 Å². The van der Waals surface area contributed by atoms with Crippen LogP contribution in [0.25, 0.3) is 0 Å². The minimum absolute atomic E-state index is 0.0387. The molecule has 1 aliphatic rings. The van der Waals surface area contributed by atoms with E-state index >= 15 is 0 Å². The molecule has 0 saturated carbocycles. The SMILES string of the molecule is CCCCCCCCCC(CCCCCCCCC(=O)OCCC(CCCCC)CCCCC)CN1CCCCC1. The predicted molar refractivity (Wildman–Crippen MR) is 181 cm³/mol. The third-order valence-corrected chi connectivity index (χ3v) is 9.65. The van der Waals surface area contributed by atoms with Crippen LogP contribution in [-0.2, 0) is 9.53 Å². The first-order chi connectivity index (χ1) is 20.2. The summed E-state index contributed by atoms with van der Waals surface area (Å²) in [5, 5.41) is 0. The summed E-state index contributed by atoms with van der Waals surface area (Å²) in [6.45, 7) is 11.5. The molecule has 244 valence electrons. The molecule has 0 aromatic rings. The highest BCUT2D eigenvalue weighted by Gasteiger charge is 2.16. The van der Waals surface area contributed by atoms with Crippen LogP contribution in [0.3, 0.4) is 0 Å². The maximum atomic E-state index is 12.3. The molecule has 1 aliphatic heterocycles. The maximum Gasteiger partial charge on any atom is 0.305 e. The summed E-state index contributed by atoms with van der Waals surface area (Å²) in [5.41, 5.74) is 0. The van der Waals surface area contributed by atoms with Crippen LogP contribution in [0.2, 0.25) is 0 Å². The van der Waals surface area contributed by atoms with Crippen LogP contribution in [-0.4, -0.2) is 37.1 Å². The van der Waals surface area contributed by atoms with Gasteiger partial charge in [0.25, 0.3) is 0 Å². The van der Waals surface area contributed by atoms with Gasteiger partial charge in [-0.15, -0.1) is 0 Å². The van der Waals surface area contributed by atoms with Gasteiger partial charge >= 0.3 is 5.97 Å². The Hall–Kier alpha value is -0.570. The fraction of sp³-hybridized carbons (Fsp3) is 0.974. The fourth-order valence-corrected chi connectivity index (χ4v) is 6.84. The van der Waals surface area contributed by atoms with Crippen LogP contribution >= 0.6 is 0 Å². The molecule has 1 fully saturated rings. The van der Waals surface area contributed by atoms with E-state index in [1.165, 1.54) is 180 Å². The summed E-state index contributed by atoms with van der Waals surface area (Å²) in [6, 6.07) is 0. The van der Waals surface area contributed by atoms with Crippen molar-refractivity contribution in [2.24, 2.45) is 11.8 Å². The average Bonchev–Trinajstić information content (AvgIpc) is 2.98. The lowest BCUT2D eigenvalue weighted by Gasteiger charge is -2.30. The molecule has 0 spiro atoms. The largest absolute Gasteiger partial charge is 0.466 e. The number of ether oxygens (including phenoxy) is 1. The minimum atomic E-state index is 0.0387. The minimum Gasteiger partial charge on any atom is -0.466 e. The first kappa shape index (κ1) is 38.5. The van der Waals surface area contributed by atoms with Gasteiger partial charge in [-0.05, 0) is 63.5 Å². The summed E-state index contributed by atoms with van der Waals surface area (Å²) >= 11 is 0. The summed E-state index contributed by atoms with van der Waals surface area (Å²) < 4.78 is 5.64. The molecule has 1 atom stereocenters. The van der Waals surface area contributed by atoms with Crippen LogP contribution in [0.1, 0.15) is 201 Å². The van der Waals surface area contributed by atoms with E-state index < -0.39 is 0 Å². The lowest BCUT2D eigenvalue weighted by molar-refractivity contribution is -0.144. The molecule has 0 radical (unpaired) electrons. The Morgan fingerprint density at radius 1 is 0.537 bits per heavy atom. The molecule has 1 heterocycles. The second-order valence-corrected chi connectivity index (χ2v) is 13.7. The van der Waals surface area contributed by atoms with Gasteiger partial charge in [0.2, 0.25) is 0 Å². The zero-order valence-electron chi connectivity index (χ0n) is 28.5. The number of rotatable bonds is 30. The monoisotopic (exact) mass is 578 g/mol. The number of hydrogen-bond donors (Lipinski definition) is 0. The van der Waals surface area contributed by atoms with Crippen molar-refractivity contribution >= 4 is 5.97 Å². The molecule has 0 amide bonds. The summed E-state index contributed by atoms with van der Waals surface area (Å²) in [6.07, 6.45) is 36.9. The number of esters is 1. The molecular weight excluding hydrogens is 502 g/mol. The molecule has 0 aliphatic carbocycles. The highest BCUT2D eigenvalue weighted by atomic mass is 16.5. The van der Waals surface area contributed by atoms with Crippen molar-refractivity contribution in [1.82, 2.24) is 4.90 Å². The van der Waals surface area contributed by atoms with Crippen molar-refractivity contribution in [1.29, 1.82) is 0 Å². The number of nitrogens with zero attached hydrogens (tertiary/aromatic N) is 1. The van der Waals surface area contributed by atoms with Crippen molar-refractivity contribution in [2.75, 3.05) is 26.2 Å². The third-order valence-electron chi connectivity index (χ3n) is 9.65. The Labute approximate surface area is 258 Å². The van der Waals surface area contributed by atoms with Crippen LogP contribution in [0.4, 0.5) is 0 Å². The van der Waals surface area contributed by atoms with E-state index in [-0.39, 0.29) is 5.97 Å². The lowest BCUT2D eigenvalue weighted by atomic mass is 9.92. The van der Waals surface area contributed by atoms with E-state index in [0.717, 1.165) is 24.7 Å². The molecule has 0 N–H and O–H groups in total. The van der Waals surface area contributed by atoms with E-state index in [4.69, 9.17) is 4.74 Å². The molecule has 0 aromatic carbocycles. The summed E-state index contributed by atoms with van der Waals surface area (Å²) in [4.78, 5) is 15.0. The molecule has 1 rings (SSSR count). The van der Waals surface area contributed by atoms with Gasteiger partial charge in [-0.1, -0.05) is 156 Å². The fourth-order valence-electron chi connectivity index (χ4n) is 6.84. The molecule has 0 bridgehead atoms. The normalized spacial score (nSPS) is 15.0. The Balaban J connectivity index is 2.11. The number of hydrogen-bond acceptors (Lipinski definition) is 3. The van der Waals surface area contributed by atoms with Gasteiger partial charge in [0.15, 0.2) is 0 Å². The van der Waals surface area contributed by atoms with Gasteiger partial charge in [-0.25, -0.2) is 0 Å². The van der Waals surface area contributed by atoms with Crippen LogP contribution in [0, 0.1) is 11.8 Å². The third kappa shape index (κ3) is 24.6. The second kappa shape index (κ2) is 29.5. The topological polar surface area (TPSA) is 29.5 Å². The molecule has 1 unspecified atom stereocenters. The molecule has 3 heteroatoms. The zero-order valence-corrected chi connectivity index (χ0v) is 28.5. The van der Waals surface area contributed by atoms with Crippen LogP contribution in [0.15, 0.2) is 0 Å².